The first kappa shape index (κ1) is 20.2. The number of likely N-dealkylation sites (N-methyl/N-ethyl adjacent to an activating group) is 2. The second-order valence-electron chi connectivity index (χ2n) is 7.11. The van der Waals surface area contributed by atoms with E-state index < -0.39 is 0 Å². The van der Waals surface area contributed by atoms with E-state index in [4.69, 9.17) is 4.74 Å². The van der Waals surface area contributed by atoms with Crippen molar-refractivity contribution in [2.75, 3.05) is 47.9 Å². The molecule has 1 aromatic rings. The molecule has 1 aliphatic rings. The number of methoxy groups -OCH3 is 1. The van der Waals surface area contributed by atoms with E-state index in [9.17, 15) is 9.59 Å². The van der Waals surface area contributed by atoms with E-state index >= 15 is 0 Å². The number of nitrogens with zero attached hydrogens (tertiary/aromatic N) is 3. The van der Waals surface area contributed by atoms with Crippen molar-refractivity contribution in [3.63, 3.8) is 0 Å². The molecule has 2 amide bonds. The minimum Gasteiger partial charge on any atom is -0.497 e. The Morgan fingerprint density at radius 1 is 1.27 bits per heavy atom. The molecule has 0 unspecified atom stereocenters. The average Bonchev–Trinajstić information content (AvgIpc) is 2.65. The van der Waals surface area contributed by atoms with Gasteiger partial charge < -0.3 is 19.4 Å². The van der Waals surface area contributed by atoms with Crippen molar-refractivity contribution < 1.29 is 14.3 Å². The zero-order chi connectivity index (χ0) is 19.3. The van der Waals surface area contributed by atoms with Crippen molar-refractivity contribution in [1.82, 2.24) is 14.7 Å². The molecular formula is C20H31N3O3. The highest BCUT2D eigenvalue weighted by Gasteiger charge is 2.41. The van der Waals surface area contributed by atoms with Crippen LogP contribution in [0.3, 0.4) is 0 Å². The van der Waals surface area contributed by atoms with Crippen LogP contribution in [-0.4, -0.2) is 74.4 Å². The molecular weight excluding hydrogens is 330 g/mol. The van der Waals surface area contributed by atoms with Gasteiger partial charge in [-0.25, -0.2) is 0 Å². The highest BCUT2D eigenvalue weighted by atomic mass is 16.5. The Kier molecular flexibility index (Phi) is 7.03. The van der Waals surface area contributed by atoms with Gasteiger partial charge in [-0.05, 0) is 45.1 Å². The van der Waals surface area contributed by atoms with Gasteiger partial charge in [0.25, 0.3) is 0 Å². The largest absolute Gasteiger partial charge is 0.497 e. The normalized spacial score (nSPS) is 20.4. The minimum atomic E-state index is -0.245. The van der Waals surface area contributed by atoms with Crippen molar-refractivity contribution in [1.29, 1.82) is 0 Å². The summed E-state index contributed by atoms with van der Waals surface area (Å²) in [4.78, 5) is 31.3. The molecule has 0 aromatic heterocycles. The summed E-state index contributed by atoms with van der Waals surface area (Å²) >= 11 is 0. The van der Waals surface area contributed by atoms with Crippen LogP contribution < -0.4 is 4.74 Å². The van der Waals surface area contributed by atoms with E-state index in [-0.39, 0.29) is 23.8 Å². The summed E-state index contributed by atoms with van der Waals surface area (Å²) in [5.74, 6) is 0.724. The standard InChI is InChI=1S/C20H31N3O3/c1-6-23-18(24)11-10-17(20(25)22(4)13-12-21(2)3)19(23)15-8-7-9-16(14-15)26-5/h7-9,14,17,19H,6,10-13H2,1-5H3/t17-,19+/m1/s1. The van der Waals surface area contributed by atoms with Gasteiger partial charge in [-0.3, -0.25) is 9.59 Å². The molecule has 6 nitrogen and oxygen atoms in total. The molecule has 2 rings (SSSR count). The number of hydrogen-bond donors (Lipinski definition) is 0. The first-order valence-corrected chi connectivity index (χ1v) is 9.22. The molecule has 6 heteroatoms. The number of benzene rings is 1. The van der Waals surface area contributed by atoms with E-state index in [1.165, 1.54) is 0 Å². The first-order valence-electron chi connectivity index (χ1n) is 9.22. The first-order chi connectivity index (χ1) is 12.4. The number of carbonyl (C=O) groups is 2. The molecule has 1 fully saturated rings. The fourth-order valence-corrected chi connectivity index (χ4v) is 3.57. The Morgan fingerprint density at radius 2 is 2.00 bits per heavy atom. The number of carbonyl (C=O) groups excluding carboxylic acids is 2. The number of hydrogen-bond acceptors (Lipinski definition) is 4. The quantitative estimate of drug-likeness (QED) is 0.746. The SMILES string of the molecule is CCN1C(=O)CC[C@@H](C(=O)N(C)CCN(C)C)[C@@H]1c1cccc(OC)c1. The molecule has 0 saturated carbocycles. The number of amides is 2. The molecule has 1 heterocycles. The molecule has 0 bridgehead atoms. The summed E-state index contributed by atoms with van der Waals surface area (Å²) in [5.41, 5.74) is 0.957. The maximum absolute atomic E-state index is 13.2. The smallest absolute Gasteiger partial charge is 0.227 e. The molecule has 0 radical (unpaired) electrons. The lowest BCUT2D eigenvalue weighted by Gasteiger charge is -2.41. The van der Waals surface area contributed by atoms with Crippen LogP contribution in [0.25, 0.3) is 0 Å². The van der Waals surface area contributed by atoms with Crippen LogP contribution in [0, 0.1) is 5.92 Å². The molecule has 144 valence electrons. The van der Waals surface area contributed by atoms with Crippen molar-refractivity contribution in [3.05, 3.63) is 29.8 Å². The molecule has 1 aromatic carbocycles. The lowest BCUT2D eigenvalue weighted by atomic mass is 9.83. The molecule has 0 spiro atoms. The van der Waals surface area contributed by atoms with Gasteiger partial charge in [0.15, 0.2) is 0 Å². The van der Waals surface area contributed by atoms with Gasteiger partial charge in [0.1, 0.15) is 5.75 Å². The van der Waals surface area contributed by atoms with Crippen molar-refractivity contribution in [3.8, 4) is 5.75 Å². The van der Waals surface area contributed by atoms with Gasteiger partial charge in [-0.1, -0.05) is 12.1 Å². The van der Waals surface area contributed by atoms with E-state index in [0.717, 1.165) is 17.9 Å². The zero-order valence-corrected chi connectivity index (χ0v) is 16.6. The zero-order valence-electron chi connectivity index (χ0n) is 16.6. The third-order valence-corrected chi connectivity index (χ3v) is 5.06. The summed E-state index contributed by atoms with van der Waals surface area (Å²) in [6.45, 7) is 4.04. The molecule has 0 N–H and O–H groups in total. The van der Waals surface area contributed by atoms with Crippen molar-refractivity contribution in [2.45, 2.75) is 25.8 Å². The van der Waals surface area contributed by atoms with E-state index in [1.54, 1.807) is 12.0 Å². The summed E-state index contributed by atoms with van der Waals surface area (Å²) in [6, 6.07) is 7.47. The topological polar surface area (TPSA) is 53.1 Å². The Hall–Kier alpha value is -2.08. The summed E-state index contributed by atoms with van der Waals surface area (Å²) in [5, 5.41) is 0. The average molecular weight is 361 g/mol. The Morgan fingerprint density at radius 3 is 2.62 bits per heavy atom. The minimum absolute atomic E-state index is 0.102. The number of piperidine rings is 1. The predicted molar refractivity (Wildman–Crippen MR) is 102 cm³/mol. The van der Waals surface area contributed by atoms with Gasteiger partial charge >= 0.3 is 0 Å². The summed E-state index contributed by atoms with van der Waals surface area (Å²) < 4.78 is 5.35. The van der Waals surface area contributed by atoms with Crippen LogP contribution in [0.2, 0.25) is 0 Å². The maximum Gasteiger partial charge on any atom is 0.227 e. The maximum atomic E-state index is 13.2. The molecule has 1 aliphatic heterocycles. The number of ether oxygens (including phenoxy) is 1. The van der Waals surface area contributed by atoms with Crippen LogP contribution in [0.1, 0.15) is 31.4 Å². The van der Waals surface area contributed by atoms with E-state index in [2.05, 4.69) is 4.90 Å². The Bertz CT molecular complexity index is 632. The Balaban J connectivity index is 2.32. The van der Waals surface area contributed by atoms with Gasteiger partial charge in [-0.15, -0.1) is 0 Å². The van der Waals surface area contributed by atoms with Crippen LogP contribution in [0.4, 0.5) is 0 Å². The third-order valence-electron chi connectivity index (χ3n) is 5.06. The van der Waals surface area contributed by atoms with Crippen LogP contribution in [-0.2, 0) is 9.59 Å². The second kappa shape index (κ2) is 9.03. The lowest BCUT2D eigenvalue weighted by molar-refractivity contribution is -0.147. The third kappa shape index (κ3) is 4.55. The highest BCUT2D eigenvalue weighted by Crippen LogP contribution is 2.38. The van der Waals surface area contributed by atoms with Crippen LogP contribution in [0.5, 0.6) is 5.75 Å². The highest BCUT2D eigenvalue weighted by molar-refractivity contribution is 5.85. The van der Waals surface area contributed by atoms with Crippen LogP contribution in [0.15, 0.2) is 24.3 Å². The van der Waals surface area contributed by atoms with Gasteiger partial charge in [-0.2, -0.15) is 0 Å². The summed E-state index contributed by atoms with van der Waals surface area (Å²) in [7, 11) is 7.46. The lowest BCUT2D eigenvalue weighted by Crippen LogP contribution is -2.49. The predicted octanol–water partition coefficient (Wildman–Crippen LogP) is 2.01. The van der Waals surface area contributed by atoms with E-state index in [1.807, 2.05) is 57.2 Å². The van der Waals surface area contributed by atoms with Crippen LogP contribution >= 0.6 is 0 Å². The molecule has 1 saturated heterocycles. The number of rotatable bonds is 7. The number of likely N-dealkylation sites (tertiary alicyclic amines) is 1. The monoisotopic (exact) mass is 361 g/mol. The van der Waals surface area contributed by atoms with Crippen molar-refractivity contribution >= 4 is 11.8 Å². The summed E-state index contributed by atoms with van der Waals surface area (Å²) in [6.07, 6.45) is 1.01. The van der Waals surface area contributed by atoms with Gasteiger partial charge in [0, 0.05) is 33.1 Å². The molecule has 0 aliphatic carbocycles. The van der Waals surface area contributed by atoms with E-state index in [0.29, 0.717) is 25.9 Å². The molecule has 26 heavy (non-hydrogen) atoms. The van der Waals surface area contributed by atoms with Gasteiger partial charge in [0.05, 0.1) is 19.1 Å². The Labute approximate surface area is 156 Å². The fraction of sp³-hybridized carbons (Fsp3) is 0.600. The fourth-order valence-electron chi connectivity index (χ4n) is 3.57. The molecule has 2 atom stereocenters. The van der Waals surface area contributed by atoms with Gasteiger partial charge in [0.2, 0.25) is 11.8 Å². The van der Waals surface area contributed by atoms with Crippen molar-refractivity contribution in [2.24, 2.45) is 5.92 Å². The second-order valence-corrected chi connectivity index (χ2v) is 7.11.